The summed E-state index contributed by atoms with van der Waals surface area (Å²) >= 11 is 0. The van der Waals surface area contributed by atoms with Crippen LogP contribution in [0.3, 0.4) is 0 Å². The number of hydrogen-bond acceptors (Lipinski definition) is 6. The number of rotatable bonds is 4. The number of oxazole rings is 1. The Hall–Kier alpha value is -2.38. The van der Waals surface area contributed by atoms with E-state index in [0.717, 1.165) is 31.7 Å². The Balaban J connectivity index is 1.76. The van der Waals surface area contributed by atoms with Crippen molar-refractivity contribution in [2.45, 2.75) is 29.6 Å². The second-order valence-electron chi connectivity index (χ2n) is 7.07. The van der Waals surface area contributed by atoms with Crippen LogP contribution in [0.4, 0.5) is 6.01 Å². The molecule has 1 aliphatic heterocycles. The van der Waals surface area contributed by atoms with Crippen LogP contribution in [0.1, 0.15) is 25.3 Å². The molecule has 1 N–H and O–H groups in total. The first-order valence-electron chi connectivity index (χ1n) is 9.17. The van der Waals surface area contributed by atoms with E-state index in [4.69, 9.17) is 4.42 Å². The smallest absolute Gasteiger partial charge is 0.298 e. The molecule has 7 heteroatoms. The maximum Gasteiger partial charge on any atom is 0.298 e. The lowest BCUT2D eigenvalue weighted by molar-refractivity contribution is 0.514. The van der Waals surface area contributed by atoms with E-state index >= 15 is 0 Å². The van der Waals surface area contributed by atoms with E-state index in [1.807, 2.05) is 17.0 Å². The lowest BCUT2D eigenvalue weighted by Gasteiger charge is -2.25. The highest BCUT2D eigenvalue weighted by Crippen LogP contribution is 2.32. The summed E-state index contributed by atoms with van der Waals surface area (Å²) < 4.78 is 32.3. The van der Waals surface area contributed by atoms with E-state index in [0.29, 0.717) is 23.0 Å². The first kappa shape index (κ1) is 18.0. The monoisotopic (exact) mass is 385 g/mol. The molecule has 0 unspecified atom stereocenters. The average Bonchev–Trinajstić information content (AvgIpc) is 3.13. The molecule has 1 saturated heterocycles. The molecule has 3 aromatic rings. The van der Waals surface area contributed by atoms with E-state index in [9.17, 15) is 8.42 Å². The summed E-state index contributed by atoms with van der Waals surface area (Å²) in [6.45, 7) is 7.43. The Labute approximate surface area is 159 Å². The normalized spacial score (nSPS) is 15.6. The van der Waals surface area contributed by atoms with Crippen molar-refractivity contribution in [1.82, 2.24) is 10.3 Å². The van der Waals surface area contributed by atoms with Crippen molar-refractivity contribution in [1.29, 1.82) is 0 Å². The molecule has 1 aliphatic rings. The number of nitrogens with zero attached hydrogens (tertiary/aromatic N) is 2. The molecule has 4 rings (SSSR count). The Morgan fingerprint density at radius 1 is 1.07 bits per heavy atom. The Morgan fingerprint density at radius 2 is 1.78 bits per heavy atom. The van der Waals surface area contributed by atoms with Gasteiger partial charge in [0.05, 0.1) is 4.90 Å². The van der Waals surface area contributed by atoms with Crippen LogP contribution in [-0.2, 0) is 9.84 Å². The van der Waals surface area contributed by atoms with Crippen molar-refractivity contribution < 1.29 is 12.8 Å². The van der Waals surface area contributed by atoms with Gasteiger partial charge in [-0.05, 0) is 35.7 Å². The highest BCUT2D eigenvalue weighted by molar-refractivity contribution is 7.91. The number of para-hydroxylation sites is 1. The summed E-state index contributed by atoms with van der Waals surface area (Å²) in [6.07, 6.45) is 0. The zero-order valence-corrected chi connectivity index (χ0v) is 16.3. The summed E-state index contributed by atoms with van der Waals surface area (Å²) in [6, 6.07) is 12.6. The fraction of sp³-hybridized carbons (Fsp3) is 0.350. The summed E-state index contributed by atoms with van der Waals surface area (Å²) in [5, 5.41) is 3.28. The third kappa shape index (κ3) is 3.33. The van der Waals surface area contributed by atoms with Gasteiger partial charge < -0.3 is 14.6 Å². The van der Waals surface area contributed by atoms with Gasteiger partial charge in [0.25, 0.3) is 6.01 Å². The molecule has 2 heterocycles. The van der Waals surface area contributed by atoms with Crippen molar-refractivity contribution >= 4 is 27.0 Å². The first-order chi connectivity index (χ1) is 13.0. The number of fused-ring (bicyclic) bond motifs is 1. The third-order valence-electron chi connectivity index (χ3n) is 4.90. The average molecular weight is 385 g/mol. The molecular weight excluding hydrogens is 362 g/mol. The molecule has 1 fully saturated rings. The van der Waals surface area contributed by atoms with E-state index in [-0.39, 0.29) is 9.79 Å². The standard InChI is InChI=1S/C20H23N3O3S/c1-14(2)15-6-8-16(9-7-15)27(24,25)18-5-3-4-17-19(18)26-20(22-17)23-12-10-21-11-13-23/h3-9,14,21H,10-13H2,1-2H3. The number of hydrogen-bond donors (Lipinski definition) is 1. The molecule has 2 aromatic carbocycles. The number of sulfone groups is 1. The van der Waals surface area contributed by atoms with Crippen LogP contribution in [0.25, 0.3) is 11.1 Å². The van der Waals surface area contributed by atoms with Crippen LogP contribution < -0.4 is 10.2 Å². The van der Waals surface area contributed by atoms with E-state index < -0.39 is 9.84 Å². The fourth-order valence-electron chi connectivity index (χ4n) is 3.27. The third-order valence-corrected chi connectivity index (χ3v) is 6.69. The van der Waals surface area contributed by atoms with Crippen molar-refractivity contribution in [3.05, 3.63) is 48.0 Å². The second-order valence-corrected chi connectivity index (χ2v) is 8.98. The van der Waals surface area contributed by atoms with Gasteiger partial charge in [0.2, 0.25) is 9.84 Å². The highest BCUT2D eigenvalue weighted by Gasteiger charge is 2.25. The number of aromatic nitrogens is 1. The number of piperazine rings is 1. The quantitative estimate of drug-likeness (QED) is 0.743. The number of nitrogens with one attached hydrogen (secondary N) is 1. The predicted molar refractivity (Wildman–Crippen MR) is 105 cm³/mol. The minimum absolute atomic E-state index is 0.159. The fourth-order valence-corrected chi connectivity index (χ4v) is 4.67. The van der Waals surface area contributed by atoms with Crippen LogP contribution in [-0.4, -0.2) is 39.6 Å². The topological polar surface area (TPSA) is 75.4 Å². The highest BCUT2D eigenvalue weighted by atomic mass is 32.2. The minimum atomic E-state index is -3.69. The van der Waals surface area contributed by atoms with Gasteiger partial charge in [-0.3, -0.25) is 0 Å². The summed E-state index contributed by atoms with van der Waals surface area (Å²) in [5.74, 6) is 0.348. The van der Waals surface area contributed by atoms with Crippen LogP contribution in [0.5, 0.6) is 0 Å². The van der Waals surface area contributed by atoms with Crippen LogP contribution in [0.2, 0.25) is 0 Å². The van der Waals surface area contributed by atoms with Crippen LogP contribution in [0.15, 0.2) is 56.7 Å². The molecule has 0 spiro atoms. The van der Waals surface area contributed by atoms with E-state index in [1.54, 1.807) is 30.3 Å². The van der Waals surface area contributed by atoms with Crippen LogP contribution in [0, 0.1) is 0 Å². The van der Waals surface area contributed by atoms with Crippen LogP contribution >= 0.6 is 0 Å². The lowest BCUT2D eigenvalue weighted by atomic mass is 10.0. The maximum atomic E-state index is 13.2. The zero-order chi connectivity index (χ0) is 19.0. The molecule has 0 aliphatic carbocycles. The molecule has 0 atom stereocenters. The van der Waals surface area contributed by atoms with Gasteiger partial charge >= 0.3 is 0 Å². The maximum absolute atomic E-state index is 13.2. The largest absolute Gasteiger partial charge is 0.422 e. The molecule has 1 aromatic heterocycles. The van der Waals surface area contributed by atoms with Gasteiger partial charge in [-0.15, -0.1) is 0 Å². The Kier molecular flexibility index (Phi) is 4.65. The molecule has 0 radical (unpaired) electrons. The van der Waals surface area contributed by atoms with E-state index in [1.165, 1.54) is 0 Å². The molecule has 27 heavy (non-hydrogen) atoms. The molecule has 0 saturated carbocycles. The van der Waals surface area contributed by atoms with Gasteiger partial charge in [-0.2, -0.15) is 4.98 Å². The van der Waals surface area contributed by atoms with Crippen molar-refractivity contribution in [2.24, 2.45) is 0 Å². The van der Waals surface area contributed by atoms with Crippen molar-refractivity contribution in [3.63, 3.8) is 0 Å². The zero-order valence-electron chi connectivity index (χ0n) is 15.5. The van der Waals surface area contributed by atoms with Gasteiger partial charge in [-0.25, -0.2) is 8.42 Å². The molecule has 0 bridgehead atoms. The minimum Gasteiger partial charge on any atom is -0.422 e. The Bertz CT molecular complexity index is 1050. The predicted octanol–water partition coefficient (Wildman–Crippen LogP) is 3.19. The number of benzene rings is 2. The molecule has 142 valence electrons. The summed E-state index contributed by atoms with van der Waals surface area (Å²) in [5.41, 5.74) is 1.98. The first-order valence-corrected chi connectivity index (χ1v) is 10.7. The Morgan fingerprint density at radius 3 is 2.44 bits per heavy atom. The van der Waals surface area contributed by atoms with Gasteiger partial charge in [-0.1, -0.05) is 32.0 Å². The summed E-state index contributed by atoms with van der Waals surface area (Å²) in [4.78, 5) is 6.96. The molecular formula is C20H23N3O3S. The SMILES string of the molecule is CC(C)c1ccc(S(=O)(=O)c2cccc3nc(N4CCNCC4)oc23)cc1. The molecule has 0 amide bonds. The summed E-state index contributed by atoms with van der Waals surface area (Å²) in [7, 11) is -3.69. The lowest BCUT2D eigenvalue weighted by Crippen LogP contribution is -2.43. The second kappa shape index (κ2) is 6.98. The van der Waals surface area contributed by atoms with E-state index in [2.05, 4.69) is 24.1 Å². The van der Waals surface area contributed by atoms with Gasteiger partial charge in [0.1, 0.15) is 10.4 Å². The molecule has 6 nitrogen and oxygen atoms in total. The van der Waals surface area contributed by atoms with Crippen molar-refractivity contribution in [2.75, 3.05) is 31.1 Å². The van der Waals surface area contributed by atoms with Gasteiger partial charge in [0, 0.05) is 26.2 Å². The number of anilines is 1. The van der Waals surface area contributed by atoms with Gasteiger partial charge in [0.15, 0.2) is 5.58 Å². The van der Waals surface area contributed by atoms with Crippen molar-refractivity contribution in [3.8, 4) is 0 Å².